The van der Waals surface area contributed by atoms with Crippen LogP contribution in [0.5, 0.6) is 0 Å². The van der Waals surface area contributed by atoms with Gasteiger partial charge in [-0.1, -0.05) is 0 Å². The third-order valence-corrected chi connectivity index (χ3v) is 4.37. The Balaban J connectivity index is 5.39. The van der Waals surface area contributed by atoms with Crippen LogP contribution in [0.4, 0.5) is 0 Å². The average molecular weight is 477 g/mol. The van der Waals surface area contributed by atoms with Gasteiger partial charge in [0, 0.05) is 0 Å². The molecule has 5 unspecified atom stereocenters. The SMILES string of the molecule is CC(O)C(NC(=O)C(CC(=O)O)NC(=O)C(N)CC(=O)O)C(=O)NC(CCCCN)C(=O)O. The fourth-order valence-electron chi connectivity index (χ4n) is 2.61. The van der Waals surface area contributed by atoms with Crippen molar-refractivity contribution < 1.29 is 49.2 Å². The van der Waals surface area contributed by atoms with Crippen molar-refractivity contribution in [2.45, 2.75) is 69.3 Å². The zero-order valence-corrected chi connectivity index (χ0v) is 18.0. The Labute approximate surface area is 188 Å². The van der Waals surface area contributed by atoms with Crippen molar-refractivity contribution in [3.8, 4) is 0 Å². The van der Waals surface area contributed by atoms with Crippen LogP contribution in [0.2, 0.25) is 0 Å². The third kappa shape index (κ3) is 11.8. The zero-order chi connectivity index (χ0) is 25.7. The molecular weight excluding hydrogens is 446 g/mol. The van der Waals surface area contributed by atoms with Gasteiger partial charge in [0.25, 0.3) is 0 Å². The molecule has 0 aromatic rings. The van der Waals surface area contributed by atoms with Crippen molar-refractivity contribution in [1.29, 1.82) is 0 Å². The average Bonchev–Trinajstić information content (AvgIpc) is 2.69. The molecule has 0 heterocycles. The Morgan fingerprint density at radius 3 is 1.79 bits per heavy atom. The first kappa shape index (κ1) is 29.7. The van der Waals surface area contributed by atoms with Crippen LogP contribution in [-0.4, -0.2) is 92.9 Å². The van der Waals surface area contributed by atoms with Gasteiger partial charge in [-0.25, -0.2) is 4.79 Å². The number of unbranched alkanes of at least 4 members (excludes halogenated alkanes) is 1. The summed E-state index contributed by atoms with van der Waals surface area (Å²) in [6, 6.07) is -6.35. The van der Waals surface area contributed by atoms with E-state index in [4.69, 9.17) is 21.7 Å². The van der Waals surface area contributed by atoms with Gasteiger partial charge in [0.2, 0.25) is 17.7 Å². The normalized spacial score (nSPS) is 15.3. The Bertz CT molecular complexity index is 729. The number of nitrogens with one attached hydrogen (secondary N) is 3. The molecule has 0 saturated carbocycles. The second kappa shape index (κ2) is 14.7. The highest BCUT2D eigenvalue weighted by molar-refractivity contribution is 5.96. The van der Waals surface area contributed by atoms with E-state index in [1.54, 1.807) is 0 Å². The third-order valence-electron chi connectivity index (χ3n) is 4.37. The molecule has 0 fully saturated rings. The minimum absolute atomic E-state index is 0.0396. The number of amides is 3. The number of nitrogens with two attached hydrogens (primary N) is 2. The first-order valence-electron chi connectivity index (χ1n) is 10.0. The molecule has 5 atom stereocenters. The van der Waals surface area contributed by atoms with Crippen LogP contribution in [0, 0.1) is 0 Å². The number of rotatable bonds is 16. The van der Waals surface area contributed by atoms with Gasteiger partial charge in [0.1, 0.15) is 18.1 Å². The fraction of sp³-hybridized carbons (Fsp3) is 0.667. The number of carbonyl (C=O) groups excluding carboxylic acids is 3. The highest BCUT2D eigenvalue weighted by Crippen LogP contribution is 2.04. The molecular formula is C18H31N5O10. The quantitative estimate of drug-likeness (QED) is 0.0972. The summed E-state index contributed by atoms with van der Waals surface area (Å²) in [5.74, 6) is -7.62. The lowest BCUT2D eigenvalue weighted by Gasteiger charge is -2.26. The standard InChI is InChI=1S/C18H31N5O10/c1-8(24)14(17(31)21-10(18(32)33)4-2-3-5-19)23-16(30)11(7-13(27)28)22-15(29)9(20)6-12(25)26/h8-11,14,24H,2-7,19-20H2,1H3,(H,21,31)(H,22,29)(H,23,30)(H,25,26)(H,27,28)(H,32,33). The van der Waals surface area contributed by atoms with Gasteiger partial charge in [-0.3, -0.25) is 24.0 Å². The van der Waals surface area contributed by atoms with Crippen LogP contribution in [0.3, 0.4) is 0 Å². The summed E-state index contributed by atoms with van der Waals surface area (Å²) in [4.78, 5) is 70.2. The molecule has 0 bridgehead atoms. The topological polar surface area (TPSA) is 271 Å². The molecule has 188 valence electrons. The van der Waals surface area contributed by atoms with E-state index >= 15 is 0 Å². The van der Waals surface area contributed by atoms with Crippen LogP contribution < -0.4 is 27.4 Å². The van der Waals surface area contributed by atoms with Gasteiger partial charge in [-0.15, -0.1) is 0 Å². The van der Waals surface area contributed by atoms with Gasteiger partial charge < -0.3 is 47.8 Å². The Morgan fingerprint density at radius 1 is 0.788 bits per heavy atom. The maximum absolute atomic E-state index is 12.5. The number of carboxylic acids is 3. The Kier molecular flexibility index (Phi) is 13.2. The molecule has 0 rings (SSSR count). The van der Waals surface area contributed by atoms with Gasteiger partial charge in [0.05, 0.1) is 25.0 Å². The molecule has 0 aromatic carbocycles. The van der Waals surface area contributed by atoms with Gasteiger partial charge >= 0.3 is 17.9 Å². The van der Waals surface area contributed by atoms with E-state index in [1.165, 1.54) is 0 Å². The first-order chi connectivity index (χ1) is 15.3. The zero-order valence-electron chi connectivity index (χ0n) is 18.0. The van der Waals surface area contributed by atoms with Crippen molar-refractivity contribution >= 4 is 35.6 Å². The number of carboxylic acid groups (broad SMARTS) is 3. The van der Waals surface area contributed by atoms with Crippen LogP contribution in [0.1, 0.15) is 39.0 Å². The summed E-state index contributed by atoms with van der Waals surface area (Å²) in [5, 5.41) is 43.1. The number of carbonyl (C=O) groups is 6. The molecule has 0 aliphatic rings. The molecule has 15 nitrogen and oxygen atoms in total. The molecule has 0 aliphatic carbocycles. The predicted molar refractivity (Wildman–Crippen MR) is 110 cm³/mol. The molecule has 15 heteroatoms. The second-order valence-corrected chi connectivity index (χ2v) is 7.27. The summed E-state index contributed by atoms with van der Waals surface area (Å²) in [5.41, 5.74) is 10.7. The molecule has 0 aliphatic heterocycles. The number of aliphatic carboxylic acids is 3. The summed E-state index contributed by atoms with van der Waals surface area (Å²) in [6.45, 7) is 1.45. The highest BCUT2D eigenvalue weighted by Gasteiger charge is 2.33. The number of hydrogen-bond acceptors (Lipinski definition) is 9. The molecule has 0 spiro atoms. The molecule has 0 saturated heterocycles. The Hall–Kier alpha value is -3.30. The van der Waals surface area contributed by atoms with Gasteiger partial charge in [-0.2, -0.15) is 0 Å². The van der Waals surface area contributed by atoms with E-state index in [0.29, 0.717) is 19.4 Å². The maximum Gasteiger partial charge on any atom is 0.326 e. The van der Waals surface area contributed by atoms with Gasteiger partial charge in [0.15, 0.2) is 0 Å². The summed E-state index contributed by atoms with van der Waals surface area (Å²) in [7, 11) is 0. The van der Waals surface area contributed by atoms with Crippen molar-refractivity contribution in [2.75, 3.05) is 6.54 Å². The first-order valence-corrected chi connectivity index (χ1v) is 10.0. The largest absolute Gasteiger partial charge is 0.481 e. The number of hydrogen-bond donors (Lipinski definition) is 9. The van der Waals surface area contributed by atoms with Crippen LogP contribution in [0.15, 0.2) is 0 Å². The van der Waals surface area contributed by atoms with E-state index in [-0.39, 0.29) is 6.42 Å². The lowest BCUT2D eigenvalue weighted by Crippen LogP contribution is -2.60. The van der Waals surface area contributed by atoms with Crippen molar-refractivity contribution in [3.05, 3.63) is 0 Å². The van der Waals surface area contributed by atoms with E-state index in [2.05, 4.69) is 10.6 Å². The van der Waals surface area contributed by atoms with E-state index in [9.17, 15) is 39.0 Å². The van der Waals surface area contributed by atoms with E-state index in [1.807, 2.05) is 5.32 Å². The van der Waals surface area contributed by atoms with Gasteiger partial charge in [-0.05, 0) is 32.7 Å². The number of aliphatic hydroxyl groups is 1. The van der Waals surface area contributed by atoms with E-state index < -0.39 is 78.7 Å². The monoisotopic (exact) mass is 477 g/mol. The summed E-state index contributed by atoms with van der Waals surface area (Å²) < 4.78 is 0. The minimum atomic E-state index is -1.76. The fourth-order valence-corrected chi connectivity index (χ4v) is 2.61. The molecule has 33 heavy (non-hydrogen) atoms. The second-order valence-electron chi connectivity index (χ2n) is 7.27. The van der Waals surface area contributed by atoms with Crippen molar-refractivity contribution in [1.82, 2.24) is 16.0 Å². The minimum Gasteiger partial charge on any atom is -0.481 e. The predicted octanol–water partition coefficient (Wildman–Crippen LogP) is -3.69. The maximum atomic E-state index is 12.5. The highest BCUT2D eigenvalue weighted by atomic mass is 16.4. The lowest BCUT2D eigenvalue weighted by atomic mass is 10.1. The lowest BCUT2D eigenvalue weighted by molar-refractivity contribution is -0.144. The van der Waals surface area contributed by atoms with E-state index in [0.717, 1.165) is 6.92 Å². The Morgan fingerprint density at radius 2 is 1.33 bits per heavy atom. The van der Waals surface area contributed by atoms with Crippen molar-refractivity contribution in [2.24, 2.45) is 11.5 Å². The molecule has 3 amide bonds. The smallest absolute Gasteiger partial charge is 0.326 e. The molecule has 11 N–H and O–H groups in total. The molecule has 0 aromatic heterocycles. The van der Waals surface area contributed by atoms with Crippen molar-refractivity contribution in [3.63, 3.8) is 0 Å². The van der Waals surface area contributed by atoms with Crippen LogP contribution >= 0.6 is 0 Å². The summed E-state index contributed by atoms with van der Waals surface area (Å²) >= 11 is 0. The van der Waals surface area contributed by atoms with Crippen LogP contribution in [-0.2, 0) is 28.8 Å². The molecule has 0 radical (unpaired) electrons. The van der Waals surface area contributed by atoms with Crippen LogP contribution in [0.25, 0.3) is 0 Å². The number of aliphatic hydroxyl groups excluding tert-OH is 1. The summed E-state index contributed by atoms with van der Waals surface area (Å²) in [6.07, 6.45) is -2.31.